The topological polar surface area (TPSA) is 12.9 Å². The van der Waals surface area contributed by atoms with Gasteiger partial charge in [-0.3, -0.25) is 4.98 Å². The zero-order chi connectivity index (χ0) is 8.23. The van der Waals surface area contributed by atoms with Gasteiger partial charge >= 0.3 is 0 Å². The van der Waals surface area contributed by atoms with E-state index in [4.69, 9.17) is 0 Å². The lowest BCUT2D eigenvalue weighted by atomic mass is 10.2. The van der Waals surface area contributed by atoms with Gasteiger partial charge in [-0.2, -0.15) is 0 Å². The Balaban J connectivity index is 1.89. The highest BCUT2D eigenvalue weighted by atomic mass is 14.6. The summed E-state index contributed by atoms with van der Waals surface area (Å²) in [5, 5.41) is 0. The lowest BCUT2D eigenvalue weighted by molar-refractivity contribution is 0.866. The number of nitrogens with zero attached hydrogens (tertiary/aromatic N) is 1. The van der Waals surface area contributed by atoms with Crippen molar-refractivity contribution in [3.63, 3.8) is 0 Å². The molecule has 0 N–H and O–H groups in total. The van der Waals surface area contributed by atoms with Crippen molar-refractivity contribution in [3.8, 4) is 0 Å². The van der Waals surface area contributed by atoms with Gasteiger partial charge in [0, 0.05) is 12.4 Å². The Hall–Kier alpha value is -1.11. The molecule has 1 aliphatic carbocycles. The first-order valence-corrected chi connectivity index (χ1v) is 4.52. The van der Waals surface area contributed by atoms with E-state index in [9.17, 15) is 0 Å². The number of hydrogen-bond acceptors (Lipinski definition) is 1. The van der Waals surface area contributed by atoms with Gasteiger partial charge in [0.1, 0.15) is 0 Å². The standard InChI is InChI=1S/C11H13N/c1(3-10-6-7-10)4-11-5-2-8-12-9-11/h1-2,4-5,8-10H,3,6-7H2/b4-1+. The van der Waals surface area contributed by atoms with E-state index in [1.807, 2.05) is 12.3 Å². The third kappa shape index (κ3) is 2.19. The summed E-state index contributed by atoms with van der Waals surface area (Å²) < 4.78 is 0. The van der Waals surface area contributed by atoms with Crippen LogP contribution in [0.1, 0.15) is 24.8 Å². The molecule has 1 heteroatoms. The minimum absolute atomic E-state index is 0.984. The minimum atomic E-state index is 0.984. The van der Waals surface area contributed by atoms with Crippen molar-refractivity contribution in [2.75, 3.05) is 0 Å². The molecule has 0 atom stereocenters. The summed E-state index contributed by atoms with van der Waals surface area (Å²) >= 11 is 0. The van der Waals surface area contributed by atoms with E-state index in [-0.39, 0.29) is 0 Å². The Morgan fingerprint density at radius 2 is 2.42 bits per heavy atom. The monoisotopic (exact) mass is 159 g/mol. The van der Waals surface area contributed by atoms with Crippen LogP contribution >= 0.6 is 0 Å². The van der Waals surface area contributed by atoms with Gasteiger partial charge < -0.3 is 0 Å². The molecule has 1 aromatic rings. The molecule has 0 unspecified atom stereocenters. The summed E-state index contributed by atoms with van der Waals surface area (Å²) in [6, 6.07) is 4.05. The number of allylic oxidation sites excluding steroid dienone is 1. The largest absolute Gasteiger partial charge is 0.264 e. The third-order valence-corrected chi connectivity index (χ3v) is 2.16. The molecular weight excluding hydrogens is 146 g/mol. The van der Waals surface area contributed by atoms with Crippen LogP contribution in [0.15, 0.2) is 30.6 Å². The average Bonchev–Trinajstić information content (AvgIpc) is 2.90. The van der Waals surface area contributed by atoms with Crippen molar-refractivity contribution in [1.82, 2.24) is 4.98 Å². The summed E-state index contributed by atoms with van der Waals surface area (Å²) in [7, 11) is 0. The molecule has 0 radical (unpaired) electrons. The summed E-state index contributed by atoms with van der Waals surface area (Å²) in [6.07, 6.45) is 12.2. The second kappa shape index (κ2) is 3.53. The van der Waals surface area contributed by atoms with Crippen LogP contribution in [0.5, 0.6) is 0 Å². The van der Waals surface area contributed by atoms with Gasteiger partial charge in [-0.05, 0) is 36.8 Å². The molecule has 1 fully saturated rings. The van der Waals surface area contributed by atoms with E-state index in [2.05, 4.69) is 23.2 Å². The Labute approximate surface area is 73.1 Å². The van der Waals surface area contributed by atoms with E-state index < -0.39 is 0 Å². The van der Waals surface area contributed by atoms with E-state index in [0.29, 0.717) is 0 Å². The fraction of sp³-hybridized carbons (Fsp3) is 0.364. The second-order valence-corrected chi connectivity index (χ2v) is 3.37. The van der Waals surface area contributed by atoms with Crippen LogP contribution < -0.4 is 0 Å². The summed E-state index contributed by atoms with van der Waals surface area (Å²) in [5.41, 5.74) is 1.21. The Bertz CT molecular complexity index is 260. The lowest BCUT2D eigenvalue weighted by Gasteiger charge is -1.89. The quantitative estimate of drug-likeness (QED) is 0.660. The molecular formula is C11H13N. The van der Waals surface area contributed by atoms with Crippen molar-refractivity contribution in [2.24, 2.45) is 5.92 Å². The van der Waals surface area contributed by atoms with E-state index in [1.165, 1.54) is 24.8 Å². The van der Waals surface area contributed by atoms with Crippen LogP contribution in [0.3, 0.4) is 0 Å². The van der Waals surface area contributed by atoms with Gasteiger partial charge in [0.25, 0.3) is 0 Å². The number of rotatable bonds is 3. The SMILES string of the molecule is C(=C\c1cccnc1)/CC1CC1. The zero-order valence-corrected chi connectivity index (χ0v) is 7.11. The van der Waals surface area contributed by atoms with Crippen LogP contribution in [0.4, 0.5) is 0 Å². The predicted molar refractivity (Wildman–Crippen MR) is 50.6 cm³/mol. The normalized spacial score (nSPS) is 17.0. The Morgan fingerprint density at radius 3 is 3.08 bits per heavy atom. The predicted octanol–water partition coefficient (Wildman–Crippen LogP) is 2.89. The van der Waals surface area contributed by atoms with Gasteiger partial charge in [-0.15, -0.1) is 0 Å². The molecule has 1 saturated carbocycles. The van der Waals surface area contributed by atoms with Crippen LogP contribution in [0.25, 0.3) is 6.08 Å². The Kier molecular flexibility index (Phi) is 2.21. The maximum absolute atomic E-state index is 4.05. The molecule has 2 rings (SSSR count). The van der Waals surface area contributed by atoms with Crippen molar-refractivity contribution in [2.45, 2.75) is 19.3 Å². The first kappa shape index (κ1) is 7.53. The van der Waals surface area contributed by atoms with E-state index >= 15 is 0 Å². The summed E-state index contributed by atoms with van der Waals surface area (Å²) in [5.74, 6) is 0.984. The highest BCUT2D eigenvalue weighted by molar-refractivity contribution is 5.47. The van der Waals surface area contributed by atoms with Crippen molar-refractivity contribution < 1.29 is 0 Å². The van der Waals surface area contributed by atoms with E-state index in [1.54, 1.807) is 6.20 Å². The van der Waals surface area contributed by atoms with Gasteiger partial charge in [0.05, 0.1) is 0 Å². The molecule has 1 nitrogen and oxygen atoms in total. The number of pyridine rings is 1. The second-order valence-electron chi connectivity index (χ2n) is 3.37. The van der Waals surface area contributed by atoms with Crippen LogP contribution in [-0.4, -0.2) is 4.98 Å². The molecule has 0 saturated heterocycles. The number of hydrogen-bond donors (Lipinski definition) is 0. The lowest BCUT2D eigenvalue weighted by Crippen LogP contribution is -1.74. The highest BCUT2D eigenvalue weighted by Gasteiger charge is 2.18. The molecule has 62 valence electrons. The van der Waals surface area contributed by atoms with Gasteiger partial charge in [-0.1, -0.05) is 18.2 Å². The van der Waals surface area contributed by atoms with E-state index in [0.717, 1.165) is 5.92 Å². The molecule has 0 aliphatic heterocycles. The third-order valence-electron chi connectivity index (χ3n) is 2.16. The summed E-state index contributed by atoms with van der Waals surface area (Å²) in [4.78, 5) is 4.05. The minimum Gasteiger partial charge on any atom is -0.264 e. The highest BCUT2D eigenvalue weighted by Crippen LogP contribution is 2.32. The van der Waals surface area contributed by atoms with Crippen LogP contribution in [-0.2, 0) is 0 Å². The van der Waals surface area contributed by atoms with Gasteiger partial charge in [0.2, 0.25) is 0 Å². The van der Waals surface area contributed by atoms with Crippen molar-refractivity contribution >= 4 is 6.08 Å². The van der Waals surface area contributed by atoms with Crippen molar-refractivity contribution in [3.05, 3.63) is 36.2 Å². The van der Waals surface area contributed by atoms with Gasteiger partial charge in [-0.25, -0.2) is 0 Å². The van der Waals surface area contributed by atoms with Crippen LogP contribution in [0.2, 0.25) is 0 Å². The molecule has 1 heterocycles. The molecule has 0 spiro atoms. The maximum Gasteiger partial charge on any atom is 0.0340 e. The molecule has 0 amide bonds. The average molecular weight is 159 g/mol. The van der Waals surface area contributed by atoms with Crippen LogP contribution in [0, 0.1) is 5.92 Å². The smallest absolute Gasteiger partial charge is 0.0340 e. The molecule has 0 bridgehead atoms. The molecule has 12 heavy (non-hydrogen) atoms. The van der Waals surface area contributed by atoms with Crippen molar-refractivity contribution in [1.29, 1.82) is 0 Å². The van der Waals surface area contributed by atoms with Gasteiger partial charge in [0.15, 0.2) is 0 Å². The Morgan fingerprint density at radius 1 is 1.50 bits per heavy atom. The fourth-order valence-electron chi connectivity index (χ4n) is 1.22. The molecule has 1 aromatic heterocycles. The maximum atomic E-state index is 4.05. The molecule has 1 aliphatic rings. The first-order valence-electron chi connectivity index (χ1n) is 4.52. The first-order chi connectivity index (χ1) is 5.95. The fourth-order valence-corrected chi connectivity index (χ4v) is 1.22. The molecule has 0 aromatic carbocycles. The zero-order valence-electron chi connectivity index (χ0n) is 7.11. The summed E-state index contributed by atoms with van der Waals surface area (Å²) in [6.45, 7) is 0. The number of aromatic nitrogens is 1.